The highest BCUT2D eigenvalue weighted by Gasteiger charge is 2.37. The summed E-state index contributed by atoms with van der Waals surface area (Å²) in [4.78, 5) is 24.5. The van der Waals surface area contributed by atoms with Crippen molar-refractivity contribution in [3.63, 3.8) is 0 Å². The number of ketones is 1. The highest BCUT2D eigenvalue weighted by molar-refractivity contribution is 8.00. The van der Waals surface area contributed by atoms with Crippen LogP contribution in [0.1, 0.15) is 51.4 Å². The van der Waals surface area contributed by atoms with E-state index in [0.717, 1.165) is 15.5 Å². The third kappa shape index (κ3) is 3.35. The standard InChI is InChI=1S/C18H18O3S2/c1-18(2)8-12-14(13(19)9-18)17(23-15(12)16(20)21)22-10-11-6-4-3-5-7-11/h3-7H,8-10H2,1-2H3,(H,20,21). The number of carboxylic acid groups (broad SMARTS) is 1. The van der Waals surface area contributed by atoms with Crippen LogP contribution in [-0.4, -0.2) is 16.9 Å². The lowest BCUT2D eigenvalue weighted by Crippen LogP contribution is -2.27. The van der Waals surface area contributed by atoms with Crippen molar-refractivity contribution in [1.29, 1.82) is 0 Å². The van der Waals surface area contributed by atoms with Gasteiger partial charge in [-0.2, -0.15) is 0 Å². The minimum absolute atomic E-state index is 0.0792. The van der Waals surface area contributed by atoms with E-state index in [9.17, 15) is 14.7 Å². The van der Waals surface area contributed by atoms with E-state index in [2.05, 4.69) is 0 Å². The number of aromatic carboxylic acids is 1. The first-order valence-corrected chi connectivity index (χ1v) is 9.26. The maximum atomic E-state index is 12.6. The van der Waals surface area contributed by atoms with Crippen molar-refractivity contribution >= 4 is 34.9 Å². The zero-order chi connectivity index (χ0) is 16.6. The van der Waals surface area contributed by atoms with Gasteiger partial charge in [-0.15, -0.1) is 23.1 Å². The molecule has 0 saturated carbocycles. The number of carboxylic acids is 1. The van der Waals surface area contributed by atoms with Crippen LogP contribution in [0.3, 0.4) is 0 Å². The fourth-order valence-corrected chi connectivity index (χ4v) is 5.40. The summed E-state index contributed by atoms with van der Waals surface area (Å²) in [5.74, 6) is -0.109. The van der Waals surface area contributed by atoms with Gasteiger partial charge in [-0.25, -0.2) is 4.79 Å². The van der Waals surface area contributed by atoms with Crippen molar-refractivity contribution in [2.24, 2.45) is 5.41 Å². The second kappa shape index (κ2) is 6.13. The molecular weight excluding hydrogens is 328 g/mol. The molecule has 1 aliphatic carbocycles. The molecule has 0 amide bonds. The highest BCUT2D eigenvalue weighted by Crippen LogP contribution is 2.45. The van der Waals surface area contributed by atoms with Crippen LogP contribution in [0, 0.1) is 5.41 Å². The zero-order valence-electron chi connectivity index (χ0n) is 13.1. The van der Waals surface area contributed by atoms with Gasteiger partial charge in [0, 0.05) is 17.7 Å². The number of thiophene rings is 1. The number of benzene rings is 1. The second-order valence-electron chi connectivity index (χ2n) is 6.59. The molecule has 0 radical (unpaired) electrons. The Morgan fingerprint density at radius 3 is 2.61 bits per heavy atom. The molecule has 1 aromatic heterocycles. The van der Waals surface area contributed by atoms with Gasteiger partial charge in [0.15, 0.2) is 5.78 Å². The summed E-state index contributed by atoms with van der Waals surface area (Å²) >= 11 is 2.81. The molecule has 23 heavy (non-hydrogen) atoms. The molecule has 1 aromatic carbocycles. The van der Waals surface area contributed by atoms with E-state index in [4.69, 9.17) is 0 Å². The highest BCUT2D eigenvalue weighted by atomic mass is 32.2. The molecule has 5 heteroatoms. The van der Waals surface area contributed by atoms with Crippen molar-refractivity contribution in [2.45, 2.75) is 36.7 Å². The van der Waals surface area contributed by atoms with Gasteiger partial charge < -0.3 is 5.11 Å². The first kappa shape index (κ1) is 16.3. The van der Waals surface area contributed by atoms with Crippen molar-refractivity contribution < 1.29 is 14.7 Å². The van der Waals surface area contributed by atoms with E-state index in [1.54, 1.807) is 11.8 Å². The van der Waals surface area contributed by atoms with Gasteiger partial charge in [-0.3, -0.25) is 4.79 Å². The van der Waals surface area contributed by atoms with Crippen LogP contribution in [0.2, 0.25) is 0 Å². The Kier molecular flexibility index (Phi) is 4.34. The Bertz CT molecular complexity index is 760. The van der Waals surface area contributed by atoms with Gasteiger partial charge in [0.2, 0.25) is 0 Å². The summed E-state index contributed by atoms with van der Waals surface area (Å²) in [6.07, 6.45) is 1.13. The van der Waals surface area contributed by atoms with Gasteiger partial charge in [0.05, 0.1) is 4.21 Å². The Morgan fingerprint density at radius 2 is 1.96 bits per heavy atom. The third-order valence-corrected chi connectivity index (χ3v) is 6.52. The minimum atomic E-state index is -0.927. The summed E-state index contributed by atoms with van der Waals surface area (Å²) < 4.78 is 0.849. The molecule has 0 saturated heterocycles. The quantitative estimate of drug-likeness (QED) is 0.801. The largest absolute Gasteiger partial charge is 0.477 e. The average Bonchev–Trinajstić information content (AvgIpc) is 2.83. The molecule has 0 unspecified atom stereocenters. The maximum Gasteiger partial charge on any atom is 0.346 e. The molecule has 120 valence electrons. The number of fused-ring (bicyclic) bond motifs is 1. The fraction of sp³-hybridized carbons (Fsp3) is 0.333. The molecule has 0 aliphatic heterocycles. The fourth-order valence-electron chi connectivity index (χ4n) is 2.95. The summed E-state index contributed by atoms with van der Waals surface area (Å²) in [5.41, 5.74) is 2.39. The SMILES string of the molecule is CC1(C)CC(=O)c2c(SCc3ccccc3)sc(C(=O)O)c2C1. The second-order valence-corrected chi connectivity index (χ2v) is 8.86. The molecule has 0 spiro atoms. The summed E-state index contributed by atoms with van der Waals surface area (Å²) in [5, 5.41) is 9.49. The number of rotatable bonds is 4. The van der Waals surface area contributed by atoms with E-state index in [1.807, 2.05) is 44.2 Å². The topological polar surface area (TPSA) is 54.4 Å². The predicted molar refractivity (Wildman–Crippen MR) is 93.7 cm³/mol. The molecule has 0 fully saturated rings. The van der Waals surface area contributed by atoms with Crippen molar-refractivity contribution in [3.05, 3.63) is 51.9 Å². The van der Waals surface area contributed by atoms with Gasteiger partial charge >= 0.3 is 5.97 Å². The maximum absolute atomic E-state index is 12.6. The summed E-state index contributed by atoms with van der Waals surface area (Å²) in [6, 6.07) is 10.0. The number of carbonyl (C=O) groups excluding carboxylic acids is 1. The van der Waals surface area contributed by atoms with Gasteiger partial charge in [0.25, 0.3) is 0 Å². The van der Waals surface area contributed by atoms with Crippen molar-refractivity contribution in [2.75, 3.05) is 0 Å². The Labute approximate surface area is 143 Å². The smallest absolute Gasteiger partial charge is 0.346 e. The molecule has 1 aliphatic rings. The molecule has 3 rings (SSSR count). The van der Waals surface area contributed by atoms with Gasteiger partial charge in [-0.1, -0.05) is 44.2 Å². The zero-order valence-corrected chi connectivity index (χ0v) is 14.7. The monoisotopic (exact) mass is 346 g/mol. The van der Waals surface area contributed by atoms with Crippen LogP contribution >= 0.6 is 23.1 Å². The number of carbonyl (C=O) groups is 2. The van der Waals surface area contributed by atoms with E-state index in [0.29, 0.717) is 23.3 Å². The molecule has 0 bridgehead atoms. The average molecular weight is 346 g/mol. The number of hydrogen-bond donors (Lipinski definition) is 1. The molecule has 0 atom stereocenters. The van der Waals surface area contributed by atoms with Crippen molar-refractivity contribution in [3.8, 4) is 0 Å². The van der Waals surface area contributed by atoms with Gasteiger partial charge in [-0.05, 0) is 23.0 Å². The first-order valence-electron chi connectivity index (χ1n) is 7.46. The summed E-state index contributed by atoms with van der Waals surface area (Å²) in [7, 11) is 0. The van der Waals surface area contributed by atoms with E-state index in [1.165, 1.54) is 16.9 Å². The lowest BCUT2D eigenvalue weighted by Gasteiger charge is -2.29. The third-order valence-electron chi connectivity index (χ3n) is 3.96. The molecular formula is C18H18O3S2. The van der Waals surface area contributed by atoms with Gasteiger partial charge in [0.1, 0.15) is 4.88 Å². The van der Waals surface area contributed by atoms with Crippen LogP contribution in [0.4, 0.5) is 0 Å². The van der Waals surface area contributed by atoms with Crippen LogP contribution in [0.25, 0.3) is 0 Å². The summed E-state index contributed by atoms with van der Waals surface area (Å²) in [6.45, 7) is 4.04. The van der Waals surface area contributed by atoms with Crippen molar-refractivity contribution in [1.82, 2.24) is 0 Å². The van der Waals surface area contributed by atoms with E-state index in [-0.39, 0.29) is 11.2 Å². The molecule has 3 nitrogen and oxygen atoms in total. The van der Waals surface area contributed by atoms with Crippen LogP contribution in [0.5, 0.6) is 0 Å². The lowest BCUT2D eigenvalue weighted by molar-refractivity contribution is 0.0700. The first-order chi connectivity index (χ1) is 10.9. The lowest BCUT2D eigenvalue weighted by atomic mass is 9.74. The van der Waals surface area contributed by atoms with E-state index < -0.39 is 5.97 Å². The van der Waals surface area contributed by atoms with E-state index >= 15 is 0 Å². The van der Waals surface area contributed by atoms with Crippen LogP contribution in [0.15, 0.2) is 34.5 Å². The predicted octanol–water partition coefficient (Wildman–Crippen LogP) is 4.89. The molecule has 1 heterocycles. The number of Topliss-reactive ketones (excluding diaryl/α,β-unsaturated/α-hetero) is 1. The number of thioether (sulfide) groups is 1. The Morgan fingerprint density at radius 1 is 1.26 bits per heavy atom. The van der Waals surface area contributed by atoms with Crippen LogP contribution in [-0.2, 0) is 12.2 Å². The Hall–Kier alpha value is -1.59. The van der Waals surface area contributed by atoms with Crippen LogP contribution < -0.4 is 0 Å². The molecule has 2 aromatic rings. The normalized spacial score (nSPS) is 16.2. The number of hydrogen-bond acceptors (Lipinski definition) is 4. The minimum Gasteiger partial charge on any atom is -0.477 e. The molecule has 1 N–H and O–H groups in total. The Balaban J connectivity index is 1.96.